The summed E-state index contributed by atoms with van der Waals surface area (Å²) >= 11 is 0. The van der Waals surface area contributed by atoms with Gasteiger partial charge in [-0.1, -0.05) is 45.8 Å². The van der Waals surface area contributed by atoms with Gasteiger partial charge in [0.15, 0.2) is 0 Å². The SMILES string of the molecule is CCCCC=C[C@@H](O)C(C)C. The molecule has 1 N–H and O–H groups in total. The molecule has 0 aliphatic carbocycles. The molecule has 0 unspecified atom stereocenters. The Bertz CT molecular complexity index is 105. The zero-order valence-corrected chi connectivity index (χ0v) is 7.88. The molecule has 0 bridgehead atoms. The van der Waals surface area contributed by atoms with Gasteiger partial charge in [0.25, 0.3) is 0 Å². The van der Waals surface area contributed by atoms with Gasteiger partial charge in [-0.25, -0.2) is 0 Å². The van der Waals surface area contributed by atoms with Crippen molar-refractivity contribution in [2.45, 2.75) is 46.1 Å². The first-order valence-corrected chi connectivity index (χ1v) is 4.53. The zero-order valence-electron chi connectivity index (χ0n) is 7.88. The Morgan fingerprint density at radius 2 is 2.00 bits per heavy atom. The molecule has 0 saturated carbocycles. The van der Waals surface area contributed by atoms with Crippen molar-refractivity contribution in [3.05, 3.63) is 12.2 Å². The Morgan fingerprint density at radius 1 is 1.36 bits per heavy atom. The van der Waals surface area contributed by atoms with Crippen LogP contribution in [0.2, 0.25) is 0 Å². The lowest BCUT2D eigenvalue weighted by Crippen LogP contribution is -2.10. The maximum atomic E-state index is 9.34. The highest BCUT2D eigenvalue weighted by Gasteiger charge is 2.02. The highest BCUT2D eigenvalue weighted by molar-refractivity contribution is 4.89. The fourth-order valence-electron chi connectivity index (χ4n) is 0.780. The predicted octanol–water partition coefficient (Wildman–Crippen LogP) is 2.75. The summed E-state index contributed by atoms with van der Waals surface area (Å²) < 4.78 is 0. The fraction of sp³-hybridized carbons (Fsp3) is 0.800. The quantitative estimate of drug-likeness (QED) is 0.479. The second kappa shape index (κ2) is 6.41. The Morgan fingerprint density at radius 3 is 2.45 bits per heavy atom. The number of unbranched alkanes of at least 4 members (excludes halogenated alkanes) is 2. The third-order valence-corrected chi connectivity index (χ3v) is 1.74. The monoisotopic (exact) mass is 156 g/mol. The van der Waals surface area contributed by atoms with E-state index in [9.17, 15) is 5.11 Å². The van der Waals surface area contributed by atoms with Crippen LogP contribution in [0.15, 0.2) is 12.2 Å². The maximum Gasteiger partial charge on any atom is 0.0743 e. The van der Waals surface area contributed by atoms with Crippen molar-refractivity contribution in [1.29, 1.82) is 0 Å². The summed E-state index contributed by atoms with van der Waals surface area (Å²) in [7, 11) is 0. The molecule has 1 atom stereocenters. The maximum absolute atomic E-state index is 9.34. The first-order chi connectivity index (χ1) is 5.18. The Balaban J connectivity index is 3.40. The molecule has 0 aromatic rings. The van der Waals surface area contributed by atoms with Crippen molar-refractivity contribution < 1.29 is 5.11 Å². The van der Waals surface area contributed by atoms with Gasteiger partial charge in [0.1, 0.15) is 0 Å². The van der Waals surface area contributed by atoms with E-state index in [1.165, 1.54) is 12.8 Å². The van der Waals surface area contributed by atoms with Gasteiger partial charge in [0.05, 0.1) is 6.10 Å². The van der Waals surface area contributed by atoms with Crippen molar-refractivity contribution in [2.24, 2.45) is 5.92 Å². The van der Waals surface area contributed by atoms with E-state index in [2.05, 4.69) is 13.0 Å². The van der Waals surface area contributed by atoms with Crippen LogP contribution in [-0.2, 0) is 0 Å². The lowest BCUT2D eigenvalue weighted by atomic mass is 10.1. The minimum atomic E-state index is -0.258. The highest BCUT2D eigenvalue weighted by atomic mass is 16.3. The molecule has 0 aromatic heterocycles. The first kappa shape index (κ1) is 10.7. The third kappa shape index (κ3) is 6.11. The summed E-state index contributed by atoms with van der Waals surface area (Å²) in [5.41, 5.74) is 0. The molecule has 66 valence electrons. The smallest absolute Gasteiger partial charge is 0.0743 e. The third-order valence-electron chi connectivity index (χ3n) is 1.74. The molecule has 0 spiro atoms. The molecule has 11 heavy (non-hydrogen) atoms. The summed E-state index contributed by atoms with van der Waals surface area (Å²) in [6, 6.07) is 0. The van der Waals surface area contributed by atoms with Crippen LogP contribution in [0.5, 0.6) is 0 Å². The van der Waals surface area contributed by atoms with Gasteiger partial charge in [-0.3, -0.25) is 0 Å². The van der Waals surface area contributed by atoms with E-state index in [1.807, 2.05) is 19.9 Å². The van der Waals surface area contributed by atoms with Crippen LogP contribution in [0.1, 0.15) is 40.0 Å². The lowest BCUT2D eigenvalue weighted by Gasteiger charge is -2.08. The van der Waals surface area contributed by atoms with E-state index in [4.69, 9.17) is 0 Å². The molecule has 0 radical (unpaired) electrons. The molecule has 0 aliphatic heterocycles. The van der Waals surface area contributed by atoms with Crippen molar-refractivity contribution in [2.75, 3.05) is 0 Å². The van der Waals surface area contributed by atoms with Gasteiger partial charge in [-0.05, 0) is 12.3 Å². The van der Waals surface area contributed by atoms with Gasteiger partial charge < -0.3 is 5.11 Å². The molecule has 0 rings (SSSR count). The molecule has 0 aliphatic rings. The summed E-state index contributed by atoms with van der Waals surface area (Å²) in [4.78, 5) is 0. The van der Waals surface area contributed by atoms with Crippen LogP contribution in [0.25, 0.3) is 0 Å². The second-order valence-corrected chi connectivity index (χ2v) is 3.30. The minimum absolute atomic E-state index is 0.258. The van der Waals surface area contributed by atoms with Gasteiger partial charge in [-0.15, -0.1) is 0 Å². The molecule has 0 heterocycles. The number of allylic oxidation sites excluding steroid dienone is 1. The molecular weight excluding hydrogens is 136 g/mol. The second-order valence-electron chi connectivity index (χ2n) is 3.30. The number of hydrogen-bond acceptors (Lipinski definition) is 1. The topological polar surface area (TPSA) is 20.2 Å². The highest BCUT2D eigenvalue weighted by Crippen LogP contribution is 2.03. The van der Waals surface area contributed by atoms with E-state index in [0.717, 1.165) is 6.42 Å². The van der Waals surface area contributed by atoms with Gasteiger partial charge >= 0.3 is 0 Å². The van der Waals surface area contributed by atoms with E-state index in [-0.39, 0.29) is 6.10 Å². The number of rotatable bonds is 5. The Kier molecular flexibility index (Phi) is 6.24. The van der Waals surface area contributed by atoms with Gasteiger partial charge in [-0.2, -0.15) is 0 Å². The lowest BCUT2D eigenvalue weighted by molar-refractivity contribution is 0.172. The van der Waals surface area contributed by atoms with E-state index >= 15 is 0 Å². The van der Waals surface area contributed by atoms with E-state index in [1.54, 1.807) is 0 Å². The fourth-order valence-corrected chi connectivity index (χ4v) is 0.780. The van der Waals surface area contributed by atoms with Crippen LogP contribution in [0.4, 0.5) is 0 Å². The van der Waals surface area contributed by atoms with Crippen LogP contribution in [0.3, 0.4) is 0 Å². The molecule has 0 amide bonds. The molecular formula is C10H20O. The van der Waals surface area contributed by atoms with Crippen LogP contribution >= 0.6 is 0 Å². The largest absolute Gasteiger partial charge is 0.389 e. The van der Waals surface area contributed by atoms with Crippen LogP contribution < -0.4 is 0 Å². The molecule has 0 saturated heterocycles. The van der Waals surface area contributed by atoms with Crippen molar-refractivity contribution in [3.63, 3.8) is 0 Å². The molecule has 1 nitrogen and oxygen atoms in total. The summed E-state index contributed by atoms with van der Waals surface area (Å²) in [5, 5.41) is 9.34. The number of hydrogen-bond donors (Lipinski definition) is 1. The molecule has 0 aromatic carbocycles. The minimum Gasteiger partial charge on any atom is -0.389 e. The van der Waals surface area contributed by atoms with Crippen molar-refractivity contribution in [1.82, 2.24) is 0 Å². The van der Waals surface area contributed by atoms with Gasteiger partial charge in [0, 0.05) is 0 Å². The standard InChI is InChI=1S/C10H20O/c1-4-5-6-7-8-10(11)9(2)3/h7-11H,4-6H2,1-3H3/t10-/m1/s1. The van der Waals surface area contributed by atoms with Crippen LogP contribution in [-0.4, -0.2) is 11.2 Å². The van der Waals surface area contributed by atoms with Crippen molar-refractivity contribution >= 4 is 0 Å². The summed E-state index contributed by atoms with van der Waals surface area (Å²) in [6.07, 6.45) is 7.27. The summed E-state index contributed by atoms with van der Waals surface area (Å²) in [5.74, 6) is 0.341. The van der Waals surface area contributed by atoms with Crippen LogP contribution in [0, 0.1) is 5.92 Å². The number of aliphatic hydroxyl groups excluding tert-OH is 1. The molecule has 0 fully saturated rings. The zero-order chi connectivity index (χ0) is 8.69. The summed E-state index contributed by atoms with van der Waals surface area (Å²) in [6.45, 7) is 6.22. The average Bonchev–Trinajstić information content (AvgIpc) is 1.97. The molecule has 1 heteroatoms. The van der Waals surface area contributed by atoms with Gasteiger partial charge in [0.2, 0.25) is 0 Å². The van der Waals surface area contributed by atoms with E-state index in [0.29, 0.717) is 5.92 Å². The number of aliphatic hydroxyl groups is 1. The Labute approximate surface area is 70.1 Å². The first-order valence-electron chi connectivity index (χ1n) is 4.53. The Hall–Kier alpha value is -0.300. The normalized spacial score (nSPS) is 14.6. The average molecular weight is 156 g/mol. The van der Waals surface area contributed by atoms with Crippen molar-refractivity contribution in [3.8, 4) is 0 Å². The van der Waals surface area contributed by atoms with E-state index < -0.39 is 0 Å². The predicted molar refractivity (Wildman–Crippen MR) is 49.5 cm³/mol.